The van der Waals surface area contributed by atoms with Crippen LogP contribution in [0.15, 0.2) is 65.8 Å². The molecule has 0 saturated heterocycles. The number of aromatic nitrogens is 2. The van der Waals surface area contributed by atoms with Crippen LogP contribution in [0.2, 0.25) is 0 Å². The number of para-hydroxylation sites is 1. The number of rotatable bonds is 3. The second kappa shape index (κ2) is 6.90. The number of carbonyl (C=O) groups excluding carboxylic acids is 2. The molecule has 0 amide bonds. The summed E-state index contributed by atoms with van der Waals surface area (Å²) in [7, 11) is 2.66. The van der Waals surface area contributed by atoms with Crippen molar-refractivity contribution in [1.82, 2.24) is 9.55 Å². The van der Waals surface area contributed by atoms with Gasteiger partial charge in [-0.25, -0.2) is 9.78 Å². The molecule has 0 radical (unpaired) electrons. The zero-order valence-corrected chi connectivity index (χ0v) is 17.9. The molecule has 0 spiro atoms. The van der Waals surface area contributed by atoms with Crippen LogP contribution in [0.25, 0.3) is 21.8 Å². The minimum atomic E-state index is -1.28. The summed E-state index contributed by atoms with van der Waals surface area (Å²) in [5, 5.41) is 6.14. The highest BCUT2D eigenvalue weighted by atomic mass is 16.6. The number of hydrogen-bond donors (Lipinski definition) is 0. The van der Waals surface area contributed by atoms with Gasteiger partial charge >= 0.3 is 11.9 Å². The van der Waals surface area contributed by atoms with E-state index in [-0.39, 0.29) is 12.2 Å². The Morgan fingerprint density at radius 1 is 1.03 bits per heavy atom. The van der Waals surface area contributed by atoms with Gasteiger partial charge in [0.15, 0.2) is 11.5 Å². The molecular formula is C25H19N3O5. The first kappa shape index (κ1) is 19.5. The van der Waals surface area contributed by atoms with Crippen LogP contribution < -0.4 is 0 Å². The van der Waals surface area contributed by atoms with Gasteiger partial charge in [-0.15, -0.1) is 0 Å². The number of benzene rings is 2. The quantitative estimate of drug-likeness (QED) is 0.451. The average molecular weight is 441 g/mol. The fraction of sp³-hybridized carbons (Fsp3) is 0.200. The van der Waals surface area contributed by atoms with Gasteiger partial charge in [-0.2, -0.15) is 0 Å². The largest absolute Gasteiger partial charge is 0.468 e. The van der Waals surface area contributed by atoms with Gasteiger partial charge in [0.1, 0.15) is 17.1 Å². The van der Waals surface area contributed by atoms with E-state index in [2.05, 4.69) is 14.7 Å². The van der Waals surface area contributed by atoms with E-state index in [4.69, 9.17) is 14.3 Å². The molecule has 2 aliphatic heterocycles. The third-order valence-corrected chi connectivity index (χ3v) is 6.55. The van der Waals surface area contributed by atoms with E-state index < -0.39 is 23.5 Å². The highest BCUT2D eigenvalue weighted by molar-refractivity contribution is 6.25. The Labute approximate surface area is 188 Å². The standard InChI is InChI=1S/C25H19N3O5/c1-31-23(29)17-12-16-15-10-6-7-11-18(15)28-13-25(24(30)32-2)21(19(26-17)20(16)28)27-33-22(25)14-8-4-3-5-9-14/h3-12,22H,13H2,1-2H3. The lowest BCUT2D eigenvalue weighted by Crippen LogP contribution is -2.48. The van der Waals surface area contributed by atoms with E-state index in [0.717, 1.165) is 27.4 Å². The number of nitrogens with zero attached hydrogens (tertiary/aromatic N) is 3. The molecule has 0 saturated carbocycles. The summed E-state index contributed by atoms with van der Waals surface area (Å²) in [6.45, 7) is 0.258. The van der Waals surface area contributed by atoms with Crippen molar-refractivity contribution >= 4 is 39.5 Å². The summed E-state index contributed by atoms with van der Waals surface area (Å²) < 4.78 is 12.3. The first-order valence-electron chi connectivity index (χ1n) is 10.5. The zero-order chi connectivity index (χ0) is 22.7. The van der Waals surface area contributed by atoms with Crippen LogP contribution in [0, 0.1) is 5.41 Å². The molecule has 2 aliphatic rings. The molecule has 8 heteroatoms. The van der Waals surface area contributed by atoms with E-state index in [1.165, 1.54) is 14.2 Å². The van der Waals surface area contributed by atoms with Crippen molar-refractivity contribution in [2.45, 2.75) is 12.6 Å². The summed E-state index contributed by atoms with van der Waals surface area (Å²) in [5.41, 5.74) is 2.13. The Morgan fingerprint density at radius 2 is 1.79 bits per heavy atom. The molecule has 0 aliphatic carbocycles. The van der Waals surface area contributed by atoms with Gasteiger partial charge in [0, 0.05) is 22.8 Å². The van der Waals surface area contributed by atoms with Crippen molar-refractivity contribution in [3.8, 4) is 0 Å². The molecule has 8 nitrogen and oxygen atoms in total. The minimum Gasteiger partial charge on any atom is -0.468 e. The van der Waals surface area contributed by atoms with Crippen molar-refractivity contribution in [2.75, 3.05) is 14.2 Å². The Morgan fingerprint density at radius 3 is 2.55 bits per heavy atom. The van der Waals surface area contributed by atoms with Crippen molar-refractivity contribution in [2.24, 2.45) is 10.6 Å². The topological polar surface area (TPSA) is 92.0 Å². The van der Waals surface area contributed by atoms with Crippen LogP contribution in [-0.2, 0) is 25.7 Å². The number of esters is 2. The smallest absolute Gasteiger partial charge is 0.356 e. The number of ether oxygens (including phenoxy) is 2. The fourth-order valence-electron chi connectivity index (χ4n) is 5.10. The number of carbonyl (C=O) groups is 2. The molecule has 2 aromatic carbocycles. The summed E-state index contributed by atoms with van der Waals surface area (Å²) in [4.78, 5) is 36.5. The molecule has 4 aromatic rings. The highest BCUT2D eigenvalue weighted by Crippen LogP contribution is 2.52. The minimum absolute atomic E-state index is 0.134. The first-order valence-corrected chi connectivity index (χ1v) is 10.5. The highest BCUT2D eigenvalue weighted by Gasteiger charge is 2.61. The number of methoxy groups -OCH3 is 2. The van der Waals surface area contributed by atoms with Crippen molar-refractivity contribution < 1.29 is 23.9 Å². The monoisotopic (exact) mass is 441 g/mol. The van der Waals surface area contributed by atoms with E-state index in [1.54, 1.807) is 6.07 Å². The van der Waals surface area contributed by atoms with E-state index in [0.29, 0.717) is 11.4 Å². The summed E-state index contributed by atoms with van der Waals surface area (Å²) in [6, 6.07) is 19.0. The summed E-state index contributed by atoms with van der Waals surface area (Å²) >= 11 is 0. The van der Waals surface area contributed by atoms with Crippen molar-refractivity contribution in [1.29, 1.82) is 0 Å². The van der Waals surface area contributed by atoms with Crippen LogP contribution in [-0.4, -0.2) is 41.4 Å². The van der Waals surface area contributed by atoms with Gasteiger partial charge < -0.3 is 18.9 Å². The van der Waals surface area contributed by atoms with Crippen LogP contribution in [0.4, 0.5) is 0 Å². The van der Waals surface area contributed by atoms with Crippen LogP contribution in [0.3, 0.4) is 0 Å². The number of hydrogen-bond acceptors (Lipinski definition) is 7. The maximum Gasteiger partial charge on any atom is 0.356 e. The first-order chi connectivity index (χ1) is 16.1. The Bertz CT molecular complexity index is 1490. The average Bonchev–Trinajstić information content (AvgIpc) is 3.42. The molecule has 0 bridgehead atoms. The van der Waals surface area contributed by atoms with Gasteiger partial charge in [0.2, 0.25) is 0 Å². The van der Waals surface area contributed by atoms with Crippen molar-refractivity contribution in [3.05, 3.63) is 77.6 Å². The van der Waals surface area contributed by atoms with Crippen molar-refractivity contribution in [3.63, 3.8) is 0 Å². The van der Waals surface area contributed by atoms with Gasteiger partial charge in [-0.3, -0.25) is 4.79 Å². The fourth-order valence-corrected chi connectivity index (χ4v) is 5.10. The lowest BCUT2D eigenvalue weighted by molar-refractivity contribution is -0.155. The molecule has 2 unspecified atom stereocenters. The Kier molecular flexibility index (Phi) is 4.07. The second-order valence-corrected chi connectivity index (χ2v) is 8.15. The Hall–Kier alpha value is -4.20. The van der Waals surface area contributed by atoms with E-state index in [9.17, 15) is 9.59 Å². The predicted octanol–water partition coefficient (Wildman–Crippen LogP) is 3.62. The predicted molar refractivity (Wildman–Crippen MR) is 120 cm³/mol. The molecule has 0 fully saturated rings. The van der Waals surface area contributed by atoms with Crippen LogP contribution in [0.5, 0.6) is 0 Å². The van der Waals surface area contributed by atoms with Gasteiger partial charge in [-0.05, 0) is 17.7 Å². The lowest BCUT2D eigenvalue weighted by Gasteiger charge is -2.35. The Balaban J connectivity index is 1.71. The molecule has 2 atom stereocenters. The van der Waals surface area contributed by atoms with E-state index >= 15 is 0 Å². The summed E-state index contributed by atoms with van der Waals surface area (Å²) in [5.74, 6) is -1.05. The maximum absolute atomic E-state index is 13.5. The number of pyridine rings is 1. The normalized spacial score (nSPS) is 20.8. The van der Waals surface area contributed by atoms with Gasteiger partial charge in [-0.1, -0.05) is 53.7 Å². The SMILES string of the molecule is COC(=O)c1cc2c3ccccc3n3c2c(n1)C1=NOC(c2ccccc2)C1(C(=O)OC)C3. The van der Waals surface area contributed by atoms with Crippen LogP contribution >= 0.6 is 0 Å². The molecule has 4 heterocycles. The molecule has 33 heavy (non-hydrogen) atoms. The number of oxime groups is 1. The van der Waals surface area contributed by atoms with Gasteiger partial charge in [0.25, 0.3) is 0 Å². The number of fused-ring (bicyclic) bond motifs is 5. The van der Waals surface area contributed by atoms with Crippen LogP contribution in [0.1, 0.15) is 27.8 Å². The molecule has 0 N–H and O–H groups in total. The third kappa shape index (κ3) is 2.46. The summed E-state index contributed by atoms with van der Waals surface area (Å²) in [6.07, 6.45) is -0.714. The zero-order valence-electron chi connectivity index (χ0n) is 17.9. The second-order valence-electron chi connectivity index (χ2n) is 8.15. The van der Waals surface area contributed by atoms with Gasteiger partial charge in [0.05, 0.1) is 19.7 Å². The molecule has 6 rings (SSSR count). The molecular weight excluding hydrogens is 422 g/mol. The van der Waals surface area contributed by atoms with E-state index in [1.807, 2.05) is 54.6 Å². The third-order valence-electron chi connectivity index (χ3n) is 6.55. The molecule has 2 aromatic heterocycles. The lowest BCUT2D eigenvalue weighted by atomic mass is 9.72. The molecule has 164 valence electrons. The maximum atomic E-state index is 13.5.